The zero-order chi connectivity index (χ0) is 26.1. The largest absolute Gasteiger partial charge is 0.573 e. The van der Waals surface area contributed by atoms with E-state index in [-0.39, 0.29) is 17.2 Å². The second kappa shape index (κ2) is 9.87. The van der Waals surface area contributed by atoms with E-state index in [9.17, 15) is 18.0 Å². The van der Waals surface area contributed by atoms with Crippen LogP contribution in [0.5, 0.6) is 5.75 Å². The van der Waals surface area contributed by atoms with Gasteiger partial charge in [0.15, 0.2) is 0 Å². The summed E-state index contributed by atoms with van der Waals surface area (Å²) in [7, 11) is 1.32. The van der Waals surface area contributed by atoms with E-state index in [1.165, 1.54) is 37.5 Å². The van der Waals surface area contributed by atoms with Gasteiger partial charge in [-0.25, -0.2) is 9.78 Å². The summed E-state index contributed by atoms with van der Waals surface area (Å²) in [6, 6.07) is 11.6. The van der Waals surface area contributed by atoms with E-state index >= 15 is 0 Å². The predicted molar refractivity (Wildman–Crippen MR) is 133 cm³/mol. The SMILES string of the molecule is COC(=O)/C=C/c1ccc2c(c1)nc(Nc1ccc(OC(F)(F)F)cc1)n2[C@@H]1C[C@H](C)CC(C)(C)C1. The minimum Gasteiger partial charge on any atom is -0.466 e. The molecule has 0 saturated heterocycles. The molecule has 6 nitrogen and oxygen atoms in total. The summed E-state index contributed by atoms with van der Waals surface area (Å²) in [6.07, 6.45) is 1.39. The number of aromatic nitrogens is 2. The molecule has 3 aromatic rings. The van der Waals surface area contributed by atoms with Crippen molar-refractivity contribution in [1.82, 2.24) is 9.55 Å². The Morgan fingerprint density at radius 2 is 1.89 bits per heavy atom. The van der Waals surface area contributed by atoms with Gasteiger partial charge in [-0.15, -0.1) is 13.2 Å². The van der Waals surface area contributed by atoms with E-state index in [4.69, 9.17) is 4.98 Å². The molecule has 0 radical (unpaired) electrons. The standard InChI is InChI=1S/C27H30F3N3O3/c1-17-13-20(16-26(2,3)15-17)33-23-11-5-18(6-12-24(34)35-4)14-22(23)32-25(33)31-19-7-9-21(10-8-19)36-27(28,29)30/h5-12,14,17,20H,13,15-16H2,1-4H3,(H,31,32)/b12-6+/t17-,20+/m0/s1. The number of hydrogen-bond donors (Lipinski definition) is 1. The Kier molecular flexibility index (Phi) is 7.02. The lowest BCUT2D eigenvalue weighted by molar-refractivity contribution is -0.274. The summed E-state index contributed by atoms with van der Waals surface area (Å²) in [6.45, 7) is 6.81. The molecule has 0 amide bonds. The highest BCUT2D eigenvalue weighted by Crippen LogP contribution is 2.46. The molecule has 2 aromatic carbocycles. The van der Waals surface area contributed by atoms with E-state index in [1.807, 2.05) is 18.2 Å². The molecule has 0 spiro atoms. The molecule has 1 aliphatic carbocycles. The van der Waals surface area contributed by atoms with Crippen molar-refractivity contribution in [2.24, 2.45) is 11.3 Å². The first-order chi connectivity index (χ1) is 16.9. The number of carbonyl (C=O) groups excluding carboxylic acids is 1. The molecule has 1 aliphatic rings. The van der Waals surface area contributed by atoms with Crippen LogP contribution in [0, 0.1) is 11.3 Å². The summed E-state index contributed by atoms with van der Waals surface area (Å²) in [4.78, 5) is 16.3. The van der Waals surface area contributed by atoms with E-state index in [0.29, 0.717) is 17.6 Å². The van der Waals surface area contributed by atoms with Crippen LogP contribution in [0.1, 0.15) is 51.6 Å². The third-order valence-electron chi connectivity index (χ3n) is 6.40. The maximum atomic E-state index is 12.5. The Bertz CT molecular complexity index is 1260. The predicted octanol–water partition coefficient (Wildman–Crippen LogP) is 7.25. The molecule has 9 heteroatoms. The fraction of sp³-hybridized carbons (Fsp3) is 0.407. The van der Waals surface area contributed by atoms with Gasteiger partial charge in [0.1, 0.15) is 5.75 Å². The van der Waals surface area contributed by atoms with Gasteiger partial charge in [-0.05, 0) is 78.6 Å². The van der Waals surface area contributed by atoms with Gasteiger partial charge < -0.3 is 19.4 Å². The van der Waals surface area contributed by atoms with Crippen molar-refractivity contribution in [3.63, 3.8) is 0 Å². The lowest BCUT2D eigenvalue weighted by Crippen LogP contribution is -2.29. The first-order valence-electron chi connectivity index (χ1n) is 11.8. The zero-order valence-corrected chi connectivity index (χ0v) is 20.7. The fourth-order valence-corrected chi connectivity index (χ4v) is 5.27. The minimum atomic E-state index is -4.74. The first kappa shape index (κ1) is 25.6. The molecule has 1 fully saturated rings. The van der Waals surface area contributed by atoms with Gasteiger partial charge >= 0.3 is 12.3 Å². The Morgan fingerprint density at radius 3 is 2.53 bits per heavy atom. The summed E-state index contributed by atoms with van der Waals surface area (Å²) in [5, 5.41) is 3.29. The second-order valence-corrected chi connectivity index (χ2v) is 10.2. The molecule has 0 bridgehead atoms. The third-order valence-corrected chi connectivity index (χ3v) is 6.40. The number of benzene rings is 2. The average molecular weight is 502 g/mol. The maximum Gasteiger partial charge on any atom is 0.573 e. The van der Waals surface area contributed by atoms with Crippen molar-refractivity contribution in [2.45, 2.75) is 52.4 Å². The van der Waals surface area contributed by atoms with Gasteiger partial charge in [-0.3, -0.25) is 0 Å². The van der Waals surface area contributed by atoms with Crippen LogP contribution in [0.25, 0.3) is 17.1 Å². The van der Waals surface area contributed by atoms with Crippen LogP contribution in [0.2, 0.25) is 0 Å². The fourth-order valence-electron chi connectivity index (χ4n) is 5.27. The number of fused-ring (bicyclic) bond motifs is 1. The second-order valence-electron chi connectivity index (χ2n) is 10.2. The van der Waals surface area contributed by atoms with E-state index < -0.39 is 12.3 Å². The van der Waals surface area contributed by atoms with Crippen LogP contribution in [0.3, 0.4) is 0 Å². The third kappa shape index (κ3) is 6.19. The molecule has 36 heavy (non-hydrogen) atoms. The summed E-state index contributed by atoms with van der Waals surface area (Å²) in [5.74, 6) is 0.411. The number of halogens is 3. The molecule has 1 N–H and O–H groups in total. The molecule has 2 atom stereocenters. The molecular weight excluding hydrogens is 471 g/mol. The van der Waals surface area contributed by atoms with Gasteiger partial charge in [-0.2, -0.15) is 0 Å². The zero-order valence-electron chi connectivity index (χ0n) is 20.7. The molecule has 0 aliphatic heterocycles. The quantitative estimate of drug-likeness (QED) is 0.285. The van der Waals surface area contributed by atoms with Crippen molar-refractivity contribution in [2.75, 3.05) is 12.4 Å². The number of nitrogens with one attached hydrogen (secondary N) is 1. The van der Waals surface area contributed by atoms with Gasteiger partial charge in [0.05, 0.1) is 18.1 Å². The number of alkyl halides is 3. The summed E-state index contributed by atoms with van der Waals surface area (Å²) in [5.41, 5.74) is 3.25. The minimum absolute atomic E-state index is 0.163. The molecule has 4 rings (SSSR count). The van der Waals surface area contributed by atoms with Gasteiger partial charge in [0.2, 0.25) is 5.95 Å². The van der Waals surface area contributed by atoms with Crippen LogP contribution in [0.15, 0.2) is 48.5 Å². The van der Waals surface area contributed by atoms with E-state index in [1.54, 1.807) is 6.08 Å². The number of carbonyl (C=O) groups is 1. The van der Waals surface area contributed by atoms with Crippen LogP contribution < -0.4 is 10.1 Å². The Balaban J connectivity index is 1.72. The van der Waals surface area contributed by atoms with Crippen LogP contribution in [-0.2, 0) is 9.53 Å². The van der Waals surface area contributed by atoms with Crippen molar-refractivity contribution in [3.05, 3.63) is 54.1 Å². The number of hydrogen-bond acceptors (Lipinski definition) is 5. The topological polar surface area (TPSA) is 65.4 Å². The van der Waals surface area contributed by atoms with Crippen LogP contribution in [0.4, 0.5) is 24.8 Å². The van der Waals surface area contributed by atoms with Gasteiger partial charge in [-0.1, -0.05) is 26.8 Å². The smallest absolute Gasteiger partial charge is 0.466 e. The maximum absolute atomic E-state index is 12.5. The number of rotatable bonds is 6. The lowest BCUT2D eigenvalue weighted by Gasteiger charge is -2.40. The molecule has 1 heterocycles. The van der Waals surface area contributed by atoms with Crippen molar-refractivity contribution in [1.29, 1.82) is 0 Å². The number of imidazole rings is 1. The number of ether oxygens (including phenoxy) is 2. The molecular formula is C27H30F3N3O3. The molecule has 192 valence electrons. The van der Waals surface area contributed by atoms with E-state index in [2.05, 4.69) is 40.1 Å². The number of methoxy groups -OCH3 is 1. The highest BCUT2D eigenvalue weighted by molar-refractivity contribution is 5.88. The average Bonchev–Trinajstić information content (AvgIpc) is 3.13. The number of esters is 1. The Hall–Kier alpha value is -3.49. The summed E-state index contributed by atoms with van der Waals surface area (Å²) >= 11 is 0. The molecule has 1 saturated carbocycles. The number of nitrogens with zero attached hydrogens (tertiary/aromatic N) is 2. The first-order valence-corrected chi connectivity index (χ1v) is 11.8. The monoisotopic (exact) mass is 501 g/mol. The van der Waals surface area contributed by atoms with Crippen LogP contribution >= 0.6 is 0 Å². The van der Waals surface area contributed by atoms with Gasteiger partial charge in [0.25, 0.3) is 0 Å². The van der Waals surface area contributed by atoms with E-state index in [0.717, 1.165) is 35.9 Å². The van der Waals surface area contributed by atoms with Crippen molar-refractivity contribution in [3.8, 4) is 5.75 Å². The van der Waals surface area contributed by atoms with Gasteiger partial charge in [0, 0.05) is 17.8 Å². The van der Waals surface area contributed by atoms with Crippen molar-refractivity contribution < 1.29 is 27.4 Å². The normalized spacial score (nSPS) is 20.0. The molecule has 0 unspecified atom stereocenters. The molecule has 1 aromatic heterocycles. The number of anilines is 2. The summed E-state index contributed by atoms with van der Waals surface area (Å²) < 4.78 is 48.4. The Morgan fingerprint density at radius 1 is 1.17 bits per heavy atom. The highest BCUT2D eigenvalue weighted by Gasteiger charge is 2.35. The van der Waals surface area contributed by atoms with Crippen molar-refractivity contribution >= 4 is 34.7 Å². The highest BCUT2D eigenvalue weighted by atomic mass is 19.4. The lowest BCUT2D eigenvalue weighted by atomic mass is 9.70. The Labute approximate surface area is 208 Å². The van der Waals surface area contributed by atoms with Crippen LogP contribution in [-0.4, -0.2) is 29.0 Å².